The van der Waals surface area contributed by atoms with Crippen LogP contribution in [0.1, 0.15) is 25.8 Å². The molecule has 9 rings (SSSR count). The maximum Gasteiger partial charge on any atom is -0.00264 e. The monoisotopic (exact) mass is 626 g/mol. The summed E-state index contributed by atoms with van der Waals surface area (Å²) < 4.78 is 0. The largest absolute Gasteiger partial charge is 0.0836 e. The molecule has 8 aromatic rings. The molecule has 0 aliphatic heterocycles. The highest BCUT2D eigenvalue weighted by Gasteiger charge is 2.18. The Balaban J connectivity index is 0.00000348. The van der Waals surface area contributed by atoms with Gasteiger partial charge in [0.1, 0.15) is 0 Å². The molecule has 1 aliphatic rings. The van der Waals surface area contributed by atoms with Gasteiger partial charge in [-0.2, -0.15) is 0 Å². The summed E-state index contributed by atoms with van der Waals surface area (Å²) in [6.07, 6.45) is 9.18. The van der Waals surface area contributed by atoms with Gasteiger partial charge in [0.05, 0.1) is 0 Å². The zero-order valence-electron chi connectivity index (χ0n) is 26.7. The zero-order chi connectivity index (χ0) is 31.9. The average Bonchev–Trinajstić information content (AvgIpc) is 3.17. The van der Waals surface area contributed by atoms with Gasteiger partial charge in [0.25, 0.3) is 0 Å². The molecular formula is C49H38. The van der Waals surface area contributed by atoms with Crippen molar-refractivity contribution in [3.63, 3.8) is 0 Å². The number of benzene rings is 8. The standard InChI is InChI=1S/C48H34.CH4/c1-4-14-33(15-5-1)39-29-24-35-30-31-40(34-16-6-2-7-17-34)46(45(35)32-39)37-25-27-38(28-26-37)48-43-22-12-10-20-41(43)47(36-18-8-3-9-19-36)42-21-11-13-23-44(42)48;/h1,3-6,8-32H,2,7H2;1H4. The van der Waals surface area contributed by atoms with Crippen LogP contribution in [0, 0.1) is 0 Å². The van der Waals surface area contributed by atoms with E-state index in [9.17, 15) is 0 Å². The number of hydrogen-bond donors (Lipinski definition) is 0. The van der Waals surface area contributed by atoms with Crippen molar-refractivity contribution in [3.8, 4) is 44.5 Å². The van der Waals surface area contributed by atoms with Crippen molar-refractivity contribution in [2.75, 3.05) is 0 Å². The van der Waals surface area contributed by atoms with E-state index < -0.39 is 0 Å². The van der Waals surface area contributed by atoms with Crippen LogP contribution in [-0.4, -0.2) is 0 Å². The van der Waals surface area contributed by atoms with E-state index in [4.69, 9.17) is 0 Å². The fraction of sp³-hybridized carbons (Fsp3) is 0.0612. The van der Waals surface area contributed by atoms with Gasteiger partial charge in [-0.05, 0) is 107 Å². The van der Waals surface area contributed by atoms with Crippen molar-refractivity contribution < 1.29 is 0 Å². The predicted octanol–water partition coefficient (Wildman–Crippen LogP) is 14.2. The van der Waals surface area contributed by atoms with Crippen molar-refractivity contribution in [3.05, 3.63) is 188 Å². The highest BCUT2D eigenvalue weighted by atomic mass is 14.2. The quantitative estimate of drug-likeness (QED) is 0.167. The first-order chi connectivity index (χ1) is 23.8. The Bertz CT molecular complexity index is 2460. The Hall–Kier alpha value is -5.98. The van der Waals surface area contributed by atoms with Crippen LogP contribution in [0.15, 0.2) is 182 Å². The second-order valence-corrected chi connectivity index (χ2v) is 12.7. The van der Waals surface area contributed by atoms with E-state index in [1.54, 1.807) is 0 Å². The van der Waals surface area contributed by atoms with Gasteiger partial charge in [0.15, 0.2) is 0 Å². The molecule has 0 bridgehead atoms. The third-order valence-corrected chi connectivity index (χ3v) is 9.89. The molecule has 0 nitrogen and oxygen atoms in total. The first-order valence-electron chi connectivity index (χ1n) is 16.9. The number of allylic oxidation sites excluding steroid dienone is 4. The molecule has 8 aromatic carbocycles. The first kappa shape index (κ1) is 30.4. The molecule has 0 atom stereocenters. The molecule has 0 radical (unpaired) electrons. The van der Waals surface area contributed by atoms with Gasteiger partial charge in [-0.15, -0.1) is 0 Å². The third kappa shape index (κ3) is 5.36. The molecule has 0 heteroatoms. The maximum atomic E-state index is 2.40. The van der Waals surface area contributed by atoms with Crippen LogP contribution >= 0.6 is 0 Å². The average molecular weight is 627 g/mol. The zero-order valence-corrected chi connectivity index (χ0v) is 26.7. The first-order valence-corrected chi connectivity index (χ1v) is 16.9. The minimum Gasteiger partial charge on any atom is -0.0836 e. The number of hydrogen-bond acceptors (Lipinski definition) is 0. The highest BCUT2D eigenvalue weighted by Crippen LogP contribution is 2.45. The summed E-state index contributed by atoms with van der Waals surface area (Å²) in [5.41, 5.74) is 12.7. The molecule has 49 heavy (non-hydrogen) atoms. The van der Waals surface area contributed by atoms with Gasteiger partial charge < -0.3 is 0 Å². The molecule has 0 spiro atoms. The van der Waals surface area contributed by atoms with Gasteiger partial charge in [0, 0.05) is 0 Å². The van der Waals surface area contributed by atoms with Crippen LogP contribution in [0.5, 0.6) is 0 Å². The van der Waals surface area contributed by atoms with E-state index in [0.717, 1.165) is 12.8 Å². The maximum absolute atomic E-state index is 2.40. The summed E-state index contributed by atoms with van der Waals surface area (Å²) in [7, 11) is 0. The van der Waals surface area contributed by atoms with Crippen molar-refractivity contribution in [1.82, 2.24) is 0 Å². The van der Waals surface area contributed by atoms with E-state index in [0.29, 0.717) is 0 Å². The summed E-state index contributed by atoms with van der Waals surface area (Å²) in [5, 5.41) is 7.65. The number of fused-ring (bicyclic) bond motifs is 3. The highest BCUT2D eigenvalue weighted by molar-refractivity contribution is 6.21. The molecular weight excluding hydrogens is 589 g/mol. The smallest absolute Gasteiger partial charge is 0.00264 e. The minimum atomic E-state index is 0. The van der Waals surface area contributed by atoms with Gasteiger partial charge >= 0.3 is 0 Å². The lowest BCUT2D eigenvalue weighted by atomic mass is 9.84. The summed E-state index contributed by atoms with van der Waals surface area (Å²) in [6, 6.07) is 60.2. The third-order valence-electron chi connectivity index (χ3n) is 9.89. The van der Waals surface area contributed by atoms with E-state index in [-0.39, 0.29) is 7.43 Å². The molecule has 0 amide bonds. The Labute approximate surface area is 289 Å². The molecule has 0 unspecified atom stereocenters. The fourth-order valence-electron chi connectivity index (χ4n) is 7.65. The van der Waals surface area contributed by atoms with Crippen molar-refractivity contribution in [2.24, 2.45) is 0 Å². The van der Waals surface area contributed by atoms with Crippen molar-refractivity contribution in [1.29, 1.82) is 0 Å². The van der Waals surface area contributed by atoms with Crippen molar-refractivity contribution in [2.45, 2.75) is 20.3 Å². The SMILES string of the molecule is C.C1=CC(c2ccc3ccc(-c4ccccc4)cc3c2-c2ccc(-c3c4ccccc4c(-c4ccccc4)c4ccccc34)cc2)=CCC1. The topological polar surface area (TPSA) is 0 Å². The van der Waals surface area contributed by atoms with Crippen LogP contribution in [-0.2, 0) is 0 Å². The van der Waals surface area contributed by atoms with Gasteiger partial charge in [-0.1, -0.05) is 183 Å². The van der Waals surface area contributed by atoms with Crippen molar-refractivity contribution >= 4 is 37.9 Å². The minimum absolute atomic E-state index is 0. The van der Waals surface area contributed by atoms with E-state index in [1.165, 1.54) is 88.0 Å². The lowest BCUT2D eigenvalue weighted by Gasteiger charge is -2.19. The summed E-state index contributed by atoms with van der Waals surface area (Å²) >= 11 is 0. The molecule has 0 N–H and O–H groups in total. The molecule has 0 heterocycles. The summed E-state index contributed by atoms with van der Waals surface area (Å²) in [4.78, 5) is 0. The summed E-state index contributed by atoms with van der Waals surface area (Å²) in [6.45, 7) is 0. The molecule has 0 saturated heterocycles. The summed E-state index contributed by atoms with van der Waals surface area (Å²) in [5.74, 6) is 0. The second-order valence-electron chi connectivity index (χ2n) is 12.7. The van der Waals surface area contributed by atoms with Gasteiger partial charge in [0.2, 0.25) is 0 Å². The lowest BCUT2D eigenvalue weighted by Crippen LogP contribution is -1.94. The van der Waals surface area contributed by atoms with Crippen LogP contribution in [0.3, 0.4) is 0 Å². The van der Waals surface area contributed by atoms with Gasteiger partial charge in [-0.3, -0.25) is 0 Å². The fourth-order valence-corrected chi connectivity index (χ4v) is 7.65. The molecule has 234 valence electrons. The second kappa shape index (κ2) is 12.9. The molecule has 0 saturated carbocycles. The van der Waals surface area contributed by atoms with Crippen LogP contribution < -0.4 is 0 Å². The Morgan fingerprint density at radius 3 is 1.37 bits per heavy atom. The Morgan fingerprint density at radius 1 is 0.347 bits per heavy atom. The van der Waals surface area contributed by atoms with E-state index in [1.807, 2.05) is 0 Å². The van der Waals surface area contributed by atoms with Gasteiger partial charge in [-0.25, -0.2) is 0 Å². The normalized spacial score (nSPS) is 12.6. The Morgan fingerprint density at radius 2 is 0.816 bits per heavy atom. The van der Waals surface area contributed by atoms with Crippen LogP contribution in [0.25, 0.3) is 82.4 Å². The molecule has 0 fully saturated rings. The van der Waals surface area contributed by atoms with E-state index >= 15 is 0 Å². The Kier molecular flexibility index (Phi) is 8.00. The molecule has 0 aromatic heterocycles. The number of rotatable bonds is 5. The van der Waals surface area contributed by atoms with Crippen LogP contribution in [0.2, 0.25) is 0 Å². The predicted molar refractivity (Wildman–Crippen MR) is 214 cm³/mol. The van der Waals surface area contributed by atoms with E-state index in [2.05, 4.69) is 182 Å². The van der Waals surface area contributed by atoms with Crippen LogP contribution in [0.4, 0.5) is 0 Å². The lowest BCUT2D eigenvalue weighted by molar-refractivity contribution is 1.04. The molecule has 1 aliphatic carbocycles.